The largest absolute Gasteiger partial charge is 0.469 e. The molecule has 2 N–H and O–H groups in total. The zero-order valence-corrected chi connectivity index (χ0v) is 12.3. The Morgan fingerprint density at radius 1 is 1.19 bits per heavy atom. The number of hydrogen-bond acceptors (Lipinski definition) is 3. The molecule has 0 bridgehead atoms. The predicted octanol–water partition coefficient (Wildman–Crippen LogP) is 2.85. The van der Waals surface area contributed by atoms with Crippen molar-refractivity contribution < 1.29 is 14.3 Å². The van der Waals surface area contributed by atoms with E-state index in [1.807, 2.05) is 6.92 Å². The molecule has 0 aliphatic carbocycles. The molecule has 1 atom stereocenters. The minimum atomic E-state index is -0.327. The van der Waals surface area contributed by atoms with Crippen molar-refractivity contribution in [3.8, 4) is 0 Å². The zero-order valence-electron chi connectivity index (χ0n) is 12.3. The fourth-order valence-electron chi connectivity index (χ4n) is 2.05. The summed E-state index contributed by atoms with van der Waals surface area (Å²) < 4.78 is 4.71. The van der Waals surface area contributed by atoms with Crippen molar-refractivity contribution >= 4 is 17.6 Å². The molecule has 110 valence electrons. The molecule has 0 saturated heterocycles. The van der Waals surface area contributed by atoms with Crippen LogP contribution in [0, 0.1) is 6.92 Å². The highest BCUT2D eigenvalue weighted by molar-refractivity contribution is 6.05. The van der Waals surface area contributed by atoms with Crippen LogP contribution in [0.25, 0.3) is 0 Å². The van der Waals surface area contributed by atoms with E-state index in [1.54, 1.807) is 43.6 Å². The number of amides is 1. The molecule has 5 heteroatoms. The van der Waals surface area contributed by atoms with E-state index in [1.165, 1.54) is 7.11 Å². The van der Waals surface area contributed by atoms with Gasteiger partial charge >= 0.3 is 5.97 Å². The average Bonchev–Trinajstić information content (AvgIpc) is 2.92. The molecule has 2 rings (SSSR count). The topological polar surface area (TPSA) is 71.2 Å². The number of aromatic amines is 1. The second-order valence-electron chi connectivity index (χ2n) is 4.87. The lowest BCUT2D eigenvalue weighted by Gasteiger charge is -2.10. The monoisotopic (exact) mass is 286 g/mol. The van der Waals surface area contributed by atoms with E-state index in [2.05, 4.69) is 10.3 Å². The van der Waals surface area contributed by atoms with Gasteiger partial charge in [-0.15, -0.1) is 0 Å². The summed E-state index contributed by atoms with van der Waals surface area (Å²) >= 11 is 0. The molecule has 0 aliphatic heterocycles. The molecule has 1 aromatic heterocycles. The number of aryl methyl sites for hydroxylation is 1. The van der Waals surface area contributed by atoms with Gasteiger partial charge in [0.15, 0.2) is 0 Å². The number of H-pyrrole nitrogens is 1. The zero-order chi connectivity index (χ0) is 15.4. The molecular weight excluding hydrogens is 268 g/mol. The Morgan fingerprint density at radius 2 is 1.86 bits per heavy atom. The third kappa shape index (κ3) is 3.31. The number of hydrogen-bond donors (Lipinski definition) is 2. The Kier molecular flexibility index (Phi) is 4.42. The van der Waals surface area contributed by atoms with Gasteiger partial charge in [-0.1, -0.05) is 12.1 Å². The number of carbonyl (C=O) groups excluding carboxylic acids is 2. The molecular formula is C16H18N2O3. The molecule has 0 spiro atoms. The maximum Gasteiger partial charge on any atom is 0.312 e. The molecule has 1 aromatic carbocycles. The SMILES string of the molecule is COC(=O)[C@@H](C)c1ccc(NC(=O)c2c[nH]cc2C)cc1. The number of aromatic nitrogens is 1. The summed E-state index contributed by atoms with van der Waals surface area (Å²) in [5, 5.41) is 2.82. The third-order valence-electron chi connectivity index (χ3n) is 3.42. The van der Waals surface area contributed by atoms with Gasteiger partial charge in [0.2, 0.25) is 0 Å². The van der Waals surface area contributed by atoms with E-state index in [0.717, 1.165) is 11.1 Å². The van der Waals surface area contributed by atoms with Crippen LogP contribution in [-0.2, 0) is 9.53 Å². The number of esters is 1. The Morgan fingerprint density at radius 3 is 2.38 bits per heavy atom. The number of benzene rings is 1. The Bertz CT molecular complexity index is 644. The lowest BCUT2D eigenvalue weighted by molar-refractivity contribution is -0.141. The summed E-state index contributed by atoms with van der Waals surface area (Å²) in [5.74, 6) is -0.774. The van der Waals surface area contributed by atoms with Crippen molar-refractivity contribution in [3.05, 3.63) is 53.3 Å². The van der Waals surface area contributed by atoms with Crippen molar-refractivity contribution in [2.45, 2.75) is 19.8 Å². The fourth-order valence-corrected chi connectivity index (χ4v) is 2.05. The summed E-state index contributed by atoms with van der Waals surface area (Å²) in [4.78, 5) is 26.4. The van der Waals surface area contributed by atoms with Gasteiger partial charge in [-0.25, -0.2) is 0 Å². The number of carbonyl (C=O) groups is 2. The van der Waals surface area contributed by atoms with E-state index < -0.39 is 0 Å². The number of anilines is 1. The van der Waals surface area contributed by atoms with Crippen LogP contribution in [0.5, 0.6) is 0 Å². The van der Waals surface area contributed by atoms with E-state index >= 15 is 0 Å². The molecule has 0 aliphatic rings. The molecule has 21 heavy (non-hydrogen) atoms. The first-order valence-electron chi connectivity index (χ1n) is 6.65. The Labute approximate surface area is 123 Å². The van der Waals surface area contributed by atoms with E-state index in [0.29, 0.717) is 11.3 Å². The Balaban J connectivity index is 2.08. The quantitative estimate of drug-likeness (QED) is 0.849. The first kappa shape index (κ1) is 14.8. The van der Waals surface area contributed by atoms with Crippen molar-refractivity contribution in [2.24, 2.45) is 0 Å². The number of rotatable bonds is 4. The van der Waals surface area contributed by atoms with E-state index in [-0.39, 0.29) is 17.8 Å². The highest BCUT2D eigenvalue weighted by atomic mass is 16.5. The minimum absolute atomic E-state index is 0.164. The predicted molar refractivity (Wildman–Crippen MR) is 80.4 cm³/mol. The van der Waals surface area contributed by atoms with E-state index in [4.69, 9.17) is 4.74 Å². The van der Waals surface area contributed by atoms with Crippen LogP contribution >= 0.6 is 0 Å². The normalized spacial score (nSPS) is 11.8. The first-order valence-corrected chi connectivity index (χ1v) is 6.65. The Hall–Kier alpha value is -2.56. The van der Waals surface area contributed by atoms with Crippen molar-refractivity contribution in [1.82, 2.24) is 4.98 Å². The number of nitrogens with one attached hydrogen (secondary N) is 2. The van der Waals surface area contributed by atoms with Crippen molar-refractivity contribution in [1.29, 1.82) is 0 Å². The highest BCUT2D eigenvalue weighted by Gasteiger charge is 2.15. The molecule has 1 heterocycles. The summed E-state index contributed by atoms with van der Waals surface area (Å²) in [5.41, 5.74) is 3.03. The van der Waals surface area contributed by atoms with Gasteiger partial charge in [0.25, 0.3) is 5.91 Å². The summed E-state index contributed by atoms with van der Waals surface area (Å²) in [6.45, 7) is 3.65. The van der Waals surface area contributed by atoms with Crippen molar-refractivity contribution in [2.75, 3.05) is 12.4 Å². The lowest BCUT2D eigenvalue weighted by atomic mass is 10.0. The molecule has 0 unspecified atom stereocenters. The summed E-state index contributed by atoms with van der Waals surface area (Å²) in [7, 11) is 1.37. The molecule has 5 nitrogen and oxygen atoms in total. The van der Waals surface area contributed by atoms with Gasteiger partial charge in [-0.3, -0.25) is 9.59 Å². The minimum Gasteiger partial charge on any atom is -0.469 e. The number of ether oxygens (including phenoxy) is 1. The van der Waals surface area contributed by atoms with Crippen molar-refractivity contribution in [3.63, 3.8) is 0 Å². The van der Waals surface area contributed by atoms with Gasteiger partial charge in [0, 0.05) is 18.1 Å². The molecule has 2 aromatic rings. The van der Waals surface area contributed by atoms with Crippen LogP contribution < -0.4 is 5.32 Å². The van der Waals surface area contributed by atoms with Crippen LogP contribution in [0.4, 0.5) is 5.69 Å². The van der Waals surface area contributed by atoms with Crippen LogP contribution in [0.15, 0.2) is 36.7 Å². The highest BCUT2D eigenvalue weighted by Crippen LogP contribution is 2.20. The van der Waals surface area contributed by atoms with Gasteiger partial charge in [-0.05, 0) is 37.1 Å². The summed E-state index contributed by atoms with van der Waals surface area (Å²) in [6.07, 6.45) is 3.44. The molecule has 0 fully saturated rings. The standard InChI is InChI=1S/C16H18N2O3/c1-10-8-17-9-14(10)15(19)18-13-6-4-12(5-7-13)11(2)16(20)21-3/h4-9,11,17H,1-3H3,(H,18,19)/t11-/m0/s1. The van der Waals surface area contributed by atoms with Crippen LogP contribution in [-0.4, -0.2) is 24.0 Å². The molecule has 0 saturated carbocycles. The van der Waals surface area contributed by atoms with Crippen LogP contribution in [0.3, 0.4) is 0 Å². The third-order valence-corrected chi connectivity index (χ3v) is 3.42. The van der Waals surface area contributed by atoms with Gasteiger partial charge in [0.1, 0.15) is 0 Å². The van der Waals surface area contributed by atoms with Crippen LogP contribution in [0.2, 0.25) is 0 Å². The number of methoxy groups -OCH3 is 1. The average molecular weight is 286 g/mol. The van der Waals surface area contributed by atoms with E-state index in [9.17, 15) is 9.59 Å². The lowest BCUT2D eigenvalue weighted by Crippen LogP contribution is -2.13. The van der Waals surface area contributed by atoms with Gasteiger partial charge < -0.3 is 15.0 Å². The van der Waals surface area contributed by atoms with Gasteiger partial charge in [-0.2, -0.15) is 0 Å². The molecule has 0 radical (unpaired) electrons. The van der Waals surface area contributed by atoms with Crippen LogP contribution in [0.1, 0.15) is 34.3 Å². The first-order chi connectivity index (χ1) is 10.0. The second-order valence-corrected chi connectivity index (χ2v) is 4.87. The smallest absolute Gasteiger partial charge is 0.312 e. The molecule has 1 amide bonds. The van der Waals surface area contributed by atoms with Gasteiger partial charge in [0.05, 0.1) is 18.6 Å². The summed E-state index contributed by atoms with van der Waals surface area (Å²) in [6, 6.07) is 7.16. The maximum atomic E-state index is 12.1. The second kappa shape index (κ2) is 6.26. The maximum absolute atomic E-state index is 12.1. The fraction of sp³-hybridized carbons (Fsp3) is 0.250.